The van der Waals surface area contributed by atoms with Gasteiger partial charge >= 0.3 is 5.97 Å². The molecule has 2 heterocycles. The van der Waals surface area contributed by atoms with Crippen LogP contribution in [0.15, 0.2) is 46.8 Å². The highest BCUT2D eigenvalue weighted by atomic mass is 127. The number of benzene rings is 1. The number of guanidine groups is 1. The molecule has 0 aliphatic carbocycles. The molecule has 2 unspecified atom stereocenters. The van der Waals surface area contributed by atoms with Crippen molar-refractivity contribution in [3.63, 3.8) is 0 Å². The first-order valence-corrected chi connectivity index (χ1v) is 11.4. The summed E-state index contributed by atoms with van der Waals surface area (Å²) >= 11 is 1.84. The number of carbonyl (C=O) groups is 1. The van der Waals surface area contributed by atoms with E-state index in [0.29, 0.717) is 30.7 Å². The number of rotatable bonds is 7. The molecule has 31 heavy (non-hydrogen) atoms. The Balaban J connectivity index is 0.00000341. The maximum Gasteiger partial charge on any atom is 0.338 e. The number of halogens is 1. The fourth-order valence-corrected chi connectivity index (χ4v) is 4.97. The van der Waals surface area contributed by atoms with Crippen molar-refractivity contribution >= 4 is 47.2 Å². The number of piperidine rings is 1. The number of hydrogen-bond donors (Lipinski definition) is 2. The maximum atomic E-state index is 11.8. The first-order chi connectivity index (χ1) is 14.6. The van der Waals surface area contributed by atoms with Crippen LogP contribution < -0.4 is 10.6 Å². The van der Waals surface area contributed by atoms with Gasteiger partial charge in [0.05, 0.1) is 12.2 Å². The second kappa shape index (κ2) is 13.0. The monoisotopic (exact) mass is 556 g/mol. The van der Waals surface area contributed by atoms with Crippen LogP contribution in [0.3, 0.4) is 0 Å². The number of nitrogens with one attached hydrogen (secondary N) is 2. The van der Waals surface area contributed by atoms with Crippen LogP contribution in [0.2, 0.25) is 0 Å². The number of carbonyl (C=O) groups excluding carboxylic acids is 1. The lowest BCUT2D eigenvalue weighted by atomic mass is 9.88. The topological polar surface area (TPSA) is 66.0 Å². The van der Waals surface area contributed by atoms with Crippen molar-refractivity contribution in [1.29, 1.82) is 0 Å². The van der Waals surface area contributed by atoms with Crippen LogP contribution in [0.25, 0.3) is 0 Å². The first kappa shape index (κ1) is 25.6. The van der Waals surface area contributed by atoms with E-state index < -0.39 is 0 Å². The van der Waals surface area contributed by atoms with Crippen molar-refractivity contribution in [2.75, 3.05) is 33.8 Å². The Hall–Kier alpha value is -1.65. The van der Waals surface area contributed by atoms with E-state index in [4.69, 9.17) is 4.74 Å². The highest BCUT2D eigenvalue weighted by Gasteiger charge is 2.31. The van der Waals surface area contributed by atoms with Gasteiger partial charge in [0, 0.05) is 31.1 Å². The minimum Gasteiger partial charge on any atom is -0.462 e. The highest BCUT2D eigenvalue weighted by molar-refractivity contribution is 14.0. The summed E-state index contributed by atoms with van der Waals surface area (Å²) in [5.41, 5.74) is 1.66. The lowest BCUT2D eigenvalue weighted by Gasteiger charge is -2.39. The molecule has 8 heteroatoms. The van der Waals surface area contributed by atoms with Gasteiger partial charge in [0.25, 0.3) is 0 Å². The normalized spacial score (nSPS) is 19.4. The summed E-state index contributed by atoms with van der Waals surface area (Å²) in [7, 11) is 4.02. The summed E-state index contributed by atoms with van der Waals surface area (Å²) in [5.74, 6) is 1.06. The van der Waals surface area contributed by atoms with Crippen LogP contribution in [0.1, 0.15) is 46.6 Å². The summed E-state index contributed by atoms with van der Waals surface area (Å²) in [4.78, 5) is 20.1. The number of thiophene rings is 1. The van der Waals surface area contributed by atoms with E-state index >= 15 is 0 Å². The average molecular weight is 557 g/mol. The molecule has 170 valence electrons. The lowest BCUT2D eigenvalue weighted by Crippen LogP contribution is -2.44. The molecule has 1 aliphatic rings. The molecule has 3 rings (SSSR count). The molecule has 2 atom stereocenters. The van der Waals surface area contributed by atoms with Crippen molar-refractivity contribution in [3.8, 4) is 0 Å². The molecular formula is C23H33IN4O2S. The van der Waals surface area contributed by atoms with Gasteiger partial charge in [-0.15, -0.1) is 35.3 Å². The van der Waals surface area contributed by atoms with E-state index in [0.717, 1.165) is 24.6 Å². The lowest BCUT2D eigenvalue weighted by molar-refractivity contribution is 0.0526. The van der Waals surface area contributed by atoms with E-state index in [9.17, 15) is 4.79 Å². The fraction of sp³-hybridized carbons (Fsp3) is 0.478. The van der Waals surface area contributed by atoms with Gasteiger partial charge in [0.2, 0.25) is 0 Å². The minimum atomic E-state index is -0.285. The van der Waals surface area contributed by atoms with Gasteiger partial charge in [-0.1, -0.05) is 18.2 Å². The van der Waals surface area contributed by atoms with Crippen molar-refractivity contribution in [2.45, 2.75) is 32.4 Å². The predicted molar refractivity (Wildman–Crippen MR) is 138 cm³/mol. The summed E-state index contributed by atoms with van der Waals surface area (Å²) in [6.45, 7) is 4.86. The molecule has 0 bridgehead atoms. The van der Waals surface area contributed by atoms with Gasteiger partial charge in [0.1, 0.15) is 0 Å². The molecule has 0 spiro atoms. The van der Waals surface area contributed by atoms with E-state index in [1.165, 1.54) is 17.7 Å². The fourth-order valence-electron chi connectivity index (χ4n) is 3.99. The first-order valence-electron chi connectivity index (χ1n) is 10.6. The Labute approximate surface area is 206 Å². The van der Waals surface area contributed by atoms with E-state index in [2.05, 4.69) is 45.1 Å². The molecular weight excluding hydrogens is 523 g/mol. The number of likely N-dealkylation sites (tertiary alicyclic amines) is 1. The molecule has 0 amide bonds. The summed E-state index contributed by atoms with van der Waals surface area (Å²) in [5, 5.41) is 9.05. The molecule has 0 radical (unpaired) electrons. The van der Waals surface area contributed by atoms with Crippen molar-refractivity contribution in [1.82, 2.24) is 15.5 Å². The molecule has 1 aromatic heterocycles. The maximum absolute atomic E-state index is 11.8. The van der Waals surface area contributed by atoms with E-state index in [1.807, 2.05) is 30.4 Å². The number of aliphatic imine (C=N–C) groups is 1. The third-order valence-electron chi connectivity index (χ3n) is 5.52. The Morgan fingerprint density at radius 1 is 1.26 bits per heavy atom. The molecule has 1 aliphatic heterocycles. The number of ether oxygens (including phenoxy) is 1. The number of nitrogens with zero attached hydrogens (tertiary/aromatic N) is 2. The Morgan fingerprint density at radius 2 is 2.03 bits per heavy atom. The van der Waals surface area contributed by atoms with Crippen LogP contribution in [-0.2, 0) is 11.3 Å². The largest absolute Gasteiger partial charge is 0.462 e. The second-order valence-corrected chi connectivity index (χ2v) is 8.55. The minimum absolute atomic E-state index is 0. The molecule has 1 saturated heterocycles. The van der Waals surface area contributed by atoms with Crippen LogP contribution in [0, 0.1) is 5.92 Å². The average Bonchev–Trinajstić information content (AvgIpc) is 3.29. The third kappa shape index (κ3) is 7.18. The number of esters is 1. The standard InChI is InChI=1S/C23H32N4O2S.HI/c1-4-29-22(28)18-11-9-17(10-12-18)15-25-23(24-2)26-16-19-7-5-13-27(3)21(19)20-8-6-14-30-20;/h6,8-12,14,19,21H,4-5,7,13,15-16H2,1-3H3,(H2,24,25,26);1H. The zero-order chi connectivity index (χ0) is 21.3. The Morgan fingerprint density at radius 3 is 2.68 bits per heavy atom. The zero-order valence-electron chi connectivity index (χ0n) is 18.5. The summed E-state index contributed by atoms with van der Waals surface area (Å²) in [6, 6.07) is 12.3. The summed E-state index contributed by atoms with van der Waals surface area (Å²) in [6.07, 6.45) is 2.44. The van der Waals surface area contributed by atoms with Crippen LogP contribution >= 0.6 is 35.3 Å². The Bertz CT molecular complexity index is 827. The van der Waals surface area contributed by atoms with Crippen molar-refractivity contribution in [3.05, 3.63) is 57.8 Å². The van der Waals surface area contributed by atoms with Gasteiger partial charge in [0.15, 0.2) is 5.96 Å². The quantitative estimate of drug-likeness (QED) is 0.231. The second-order valence-electron chi connectivity index (χ2n) is 7.57. The van der Waals surface area contributed by atoms with Crippen molar-refractivity contribution in [2.24, 2.45) is 10.9 Å². The smallest absolute Gasteiger partial charge is 0.338 e. The SMILES string of the molecule is CCOC(=O)c1ccc(CNC(=NC)NCC2CCCN(C)C2c2cccs2)cc1.I. The summed E-state index contributed by atoms with van der Waals surface area (Å²) < 4.78 is 5.03. The Kier molecular flexibility index (Phi) is 10.8. The molecule has 2 N–H and O–H groups in total. The molecule has 2 aromatic rings. The molecule has 6 nitrogen and oxygen atoms in total. The van der Waals surface area contributed by atoms with Gasteiger partial charge in [-0.05, 0) is 68.4 Å². The van der Waals surface area contributed by atoms with E-state index in [-0.39, 0.29) is 29.9 Å². The van der Waals surface area contributed by atoms with Gasteiger partial charge in [-0.3, -0.25) is 9.89 Å². The van der Waals surface area contributed by atoms with Crippen LogP contribution in [0.4, 0.5) is 0 Å². The van der Waals surface area contributed by atoms with Crippen LogP contribution in [-0.4, -0.2) is 50.6 Å². The molecule has 1 aromatic carbocycles. The van der Waals surface area contributed by atoms with Gasteiger partial charge < -0.3 is 15.4 Å². The zero-order valence-corrected chi connectivity index (χ0v) is 21.6. The molecule has 0 saturated carbocycles. The van der Waals surface area contributed by atoms with Crippen LogP contribution in [0.5, 0.6) is 0 Å². The number of hydrogen-bond acceptors (Lipinski definition) is 5. The highest BCUT2D eigenvalue weighted by Crippen LogP contribution is 2.36. The predicted octanol–water partition coefficient (Wildman–Crippen LogP) is 4.29. The third-order valence-corrected chi connectivity index (χ3v) is 6.47. The van der Waals surface area contributed by atoms with Gasteiger partial charge in [-0.25, -0.2) is 4.79 Å². The van der Waals surface area contributed by atoms with E-state index in [1.54, 1.807) is 19.2 Å². The molecule has 1 fully saturated rings. The van der Waals surface area contributed by atoms with Crippen molar-refractivity contribution < 1.29 is 9.53 Å². The van der Waals surface area contributed by atoms with Gasteiger partial charge in [-0.2, -0.15) is 0 Å².